The number of halogens is 1. The molecular formula is C21H30BrN3O2. The Kier molecular flexibility index (Phi) is 7.09. The van der Waals surface area contributed by atoms with Crippen LogP contribution in [0.15, 0.2) is 34.9 Å². The molecule has 2 rings (SSSR count). The Hall–Kier alpha value is -1.82. The predicted molar refractivity (Wildman–Crippen MR) is 113 cm³/mol. The summed E-state index contributed by atoms with van der Waals surface area (Å²) in [6.07, 6.45) is 3.24. The first-order valence-electron chi connectivity index (χ1n) is 9.48. The molecule has 6 heteroatoms. The van der Waals surface area contributed by atoms with Gasteiger partial charge in [0.1, 0.15) is 11.4 Å². The van der Waals surface area contributed by atoms with Crippen LogP contribution in [0.5, 0.6) is 0 Å². The predicted octanol–water partition coefficient (Wildman–Crippen LogP) is 6.33. The molecule has 1 atom stereocenters. The highest BCUT2D eigenvalue weighted by Gasteiger charge is 2.32. The number of ether oxygens (including phenoxy) is 1. The molecule has 0 aliphatic carbocycles. The number of benzene rings is 1. The fraction of sp³-hybridized carbons (Fsp3) is 0.524. The zero-order valence-corrected chi connectivity index (χ0v) is 18.6. The van der Waals surface area contributed by atoms with E-state index in [1.54, 1.807) is 0 Å². The number of aromatic nitrogens is 2. The van der Waals surface area contributed by atoms with E-state index in [4.69, 9.17) is 4.74 Å². The molecule has 27 heavy (non-hydrogen) atoms. The van der Waals surface area contributed by atoms with Gasteiger partial charge in [0.2, 0.25) is 0 Å². The number of amides is 1. The lowest BCUT2D eigenvalue weighted by Crippen LogP contribution is -2.44. The monoisotopic (exact) mass is 435 g/mol. The Balaban J connectivity index is 2.30. The van der Waals surface area contributed by atoms with Crippen LogP contribution < -0.4 is 0 Å². The molecule has 2 aromatic rings. The Morgan fingerprint density at radius 2 is 1.81 bits per heavy atom. The maximum Gasteiger partial charge on any atom is 0.411 e. The van der Waals surface area contributed by atoms with Crippen molar-refractivity contribution in [2.45, 2.75) is 72.1 Å². The van der Waals surface area contributed by atoms with Crippen LogP contribution in [0.4, 0.5) is 4.79 Å². The van der Waals surface area contributed by atoms with Crippen LogP contribution >= 0.6 is 15.9 Å². The highest BCUT2D eigenvalue weighted by molar-refractivity contribution is 9.10. The molecule has 5 nitrogen and oxygen atoms in total. The minimum Gasteiger partial charge on any atom is -0.444 e. The average Bonchev–Trinajstić information content (AvgIpc) is 3.08. The molecule has 0 aliphatic rings. The first-order chi connectivity index (χ1) is 12.7. The van der Waals surface area contributed by atoms with Crippen molar-refractivity contribution in [3.05, 3.63) is 40.8 Å². The number of carbonyl (C=O) groups is 1. The van der Waals surface area contributed by atoms with Crippen LogP contribution in [-0.4, -0.2) is 32.6 Å². The summed E-state index contributed by atoms with van der Waals surface area (Å²) < 4.78 is 6.70. The minimum atomic E-state index is -0.535. The van der Waals surface area contributed by atoms with E-state index in [-0.39, 0.29) is 18.2 Å². The van der Waals surface area contributed by atoms with Gasteiger partial charge in [-0.15, -0.1) is 0 Å². The molecule has 1 aromatic heterocycles. The Morgan fingerprint density at radius 3 is 2.33 bits per heavy atom. The fourth-order valence-electron chi connectivity index (χ4n) is 3.08. The lowest BCUT2D eigenvalue weighted by atomic mass is 10.1. The molecule has 148 valence electrons. The van der Waals surface area contributed by atoms with E-state index in [2.05, 4.69) is 39.7 Å². The molecule has 1 N–H and O–H groups in total. The number of nitrogens with zero attached hydrogens (tertiary/aromatic N) is 2. The van der Waals surface area contributed by atoms with Gasteiger partial charge in [0.15, 0.2) is 0 Å². The molecule has 0 saturated carbocycles. The molecule has 1 amide bonds. The van der Waals surface area contributed by atoms with Crippen molar-refractivity contribution >= 4 is 22.0 Å². The first-order valence-corrected chi connectivity index (χ1v) is 10.3. The third-order valence-corrected chi connectivity index (χ3v) is 5.03. The number of hydrogen-bond donors (Lipinski definition) is 1. The van der Waals surface area contributed by atoms with Crippen molar-refractivity contribution < 1.29 is 9.53 Å². The van der Waals surface area contributed by atoms with Gasteiger partial charge in [-0.25, -0.2) is 9.78 Å². The number of H-pyrrole nitrogens is 1. The Bertz CT molecular complexity index is 746. The second kappa shape index (κ2) is 8.91. The molecule has 0 unspecified atom stereocenters. The number of imidazole rings is 1. The van der Waals surface area contributed by atoms with E-state index >= 15 is 0 Å². The van der Waals surface area contributed by atoms with Gasteiger partial charge in [0.05, 0.1) is 17.9 Å². The van der Waals surface area contributed by atoms with Gasteiger partial charge in [-0.1, -0.05) is 41.9 Å². The van der Waals surface area contributed by atoms with Gasteiger partial charge in [0, 0.05) is 10.5 Å². The molecule has 0 fully saturated rings. The summed E-state index contributed by atoms with van der Waals surface area (Å²) in [5.74, 6) is 0.755. The summed E-state index contributed by atoms with van der Waals surface area (Å²) in [5, 5.41) is 0. The summed E-state index contributed by atoms with van der Waals surface area (Å²) in [7, 11) is 0. The molecule has 0 radical (unpaired) electrons. The zero-order valence-electron chi connectivity index (χ0n) is 17.0. The standard InChI is InChI=1S/C21H30BrN3O2/c1-7-17(8-2)25(20(26)27-21(4,5)6)14(3)19-23-13-18(24-19)15-9-11-16(22)12-10-15/h9-14,17H,7-8H2,1-6H3,(H,23,24)/t14-/m0/s1. The second-order valence-corrected chi connectivity index (χ2v) is 8.64. The summed E-state index contributed by atoms with van der Waals surface area (Å²) in [6, 6.07) is 7.93. The fourth-order valence-corrected chi connectivity index (χ4v) is 3.34. The van der Waals surface area contributed by atoms with E-state index in [9.17, 15) is 4.79 Å². The topological polar surface area (TPSA) is 58.2 Å². The highest BCUT2D eigenvalue weighted by atomic mass is 79.9. The zero-order chi connectivity index (χ0) is 20.2. The van der Waals surface area contributed by atoms with Crippen LogP contribution in [0.3, 0.4) is 0 Å². The lowest BCUT2D eigenvalue weighted by molar-refractivity contribution is 0.00436. The van der Waals surface area contributed by atoms with Gasteiger partial charge in [-0.3, -0.25) is 4.90 Å². The Labute approximate surface area is 170 Å². The van der Waals surface area contributed by atoms with E-state index in [1.165, 1.54) is 0 Å². The van der Waals surface area contributed by atoms with E-state index < -0.39 is 5.60 Å². The van der Waals surface area contributed by atoms with Crippen LogP contribution in [-0.2, 0) is 4.74 Å². The third-order valence-electron chi connectivity index (χ3n) is 4.50. The lowest BCUT2D eigenvalue weighted by Gasteiger charge is -2.36. The quantitative estimate of drug-likeness (QED) is 0.576. The van der Waals surface area contributed by atoms with Crippen molar-refractivity contribution in [2.24, 2.45) is 0 Å². The summed E-state index contributed by atoms with van der Waals surface area (Å²) in [6.45, 7) is 11.8. The van der Waals surface area contributed by atoms with Crippen molar-refractivity contribution in [3.63, 3.8) is 0 Å². The third kappa shape index (κ3) is 5.58. The van der Waals surface area contributed by atoms with Crippen molar-refractivity contribution in [1.82, 2.24) is 14.9 Å². The van der Waals surface area contributed by atoms with Gasteiger partial charge < -0.3 is 9.72 Å². The molecule has 0 bridgehead atoms. The van der Waals surface area contributed by atoms with Crippen molar-refractivity contribution in [1.29, 1.82) is 0 Å². The molecule has 1 aromatic carbocycles. The average molecular weight is 436 g/mol. The summed E-state index contributed by atoms with van der Waals surface area (Å²) in [4.78, 5) is 22.6. The SMILES string of the molecule is CCC(CC)N(C(=O)OC(C)(C)C)[C@@H](C)c1ncc(-c2ccc(Br)cc2)[nH]1. The number of aromatic amines is 1. The molecule has 0 spiro atoms. The van der Waals surface area contributed by atoms with Crippen LogP contribution in [0, 0.1) is 0 Å². The van der Waals surface area contributed by atoms with Crippen LogP contribution in [0.2, 0.25) is 0 Å². The van der Waals surface area contributed by atoms with Crippen molar-refractivity contribution in [3.8, 4) is 11.3 Å². The van der Waals surface area contributed by atoms with Gasteiger partial charge in [-0.2, -0.15) is 0 Å². The van der Waals surface area contributed by atoms with Gasteiger partial charge in [0.25, 0.3) is 0 Å². The van der Waals surface area contributed by atoms with Crippen LogP contribution in [0.25, 0.3) is 11.3 Å². The maximum atomic E-state index is 12.9. The second-order valence-electron chi connectivity index (χ2n) is 7.72. The highest BCUT2D eigenvalue weighted by Crippen LogP contribution is 2.28. The Morgan fingerprint density at radius 1 is 1.22 bits per heavy atom. The smallest absolute Gasteiger partial charge is 0.411 e. The maximum absolute atomic E-state index is 12.9. The number of nitrogens with one attached hydrogen (secondary N) is 1. The largest absolute Gasteiger partial charge is 0.444 e. The molecular weight excluding hydrogens is 406 g/mol. The summed E-state index contributed by atoms with van der Waals surface area (Å²) in [5.41, 5.74) is 1.45. The van der Waals surface area contributed by atoms with Gasteiger partial charge in [-0.05, 0) is 58.2 Å². The number of hydrogen-bond acceptors (Lipinski definition) is 3. The molecule has 0 aliphatic heterocycles. The first kappa shape index (κ1) is 21.5. The van der Waals surface area contributed by atoms with E-state index in [0.29, 0.717) is 0 Å². The molecule has 1 heterocycles. The number of carbonyl (C=O) groups excluding carboxylic acids is 1. The minimum absolute atomic E-state index is 0.0936. The van der Waals surface area contributed by atoms with Gasteiger partial charge >= 0.3 is 6.09 Å². The van der Waals surface area contributed by atoms with E-state index in [1.807, 2.05) is 63.1 Å². The number of rotatable bonds is 6. The van der Waals surface area contributed by atoms with E-state index in [0.717, 1.165) is 34.4 Å². The van der Waals surface area contributed by atoms with Crippen molar-refractivity contribution in [2.75, 3.05) is 0 Å². The summed E-state index contributed by atoms with van der Waals surface area (Å²) >= 11 is 3.45. The normalized spacial score (nSPS) is 12.9. The molecule has 0 saturated heterocycles. The van der Waals surface area contributed by atoms with Crippen LogP contribution in [0.1, 0.15) is 66.3 Å².